The lowest BCUT2D eigenvalue weighted by atomic mass is 10.1. The van der Waals surface area contributed by atoms with Crippen LogP contribution in [0.3, 0.4) is 0 Å². The molecule has 0 aromatic heterocycles. The standard InChI is InChI=1S/C14H11Br2FN2O/c1-19(12-6-5-8(15)7-11(12)18)14(20)13-9(16)3-2-4-10(13)17/h2-7H,18H2,1H3. The molecule has 0 aliphatic heterocycles. The van der Waals surface area contributed by atoms with Crippen LogP contribution < -0.4 is 10.6 Å². The van der Waals surface area contributed by atoms with Gasteiger partial charge in [0.25, 0.3) is 5.91 Å². The fourth-order valence-corrected chi connectivity index (χ4v) is 2.70. The maximum Gasteiger partial charge on any atom is 0.262 e. The predicted octanol–water partition coefficient (Wildman–Crippen LogP) is 4.21. The molecule has 0 spiro atoms. The molecule has 0 unspecified atom stereocenters. The molecule has 0 fully saturated rings. The topological polar surface area (TPSA) is 46.3 Å². The van der Waals surface area contributed by atoms with Gasteiger partial charge in [-0.25, -0.2) is 4.39 Å². The van der Waals surface area contributed by atoms with Gasteiger partial charge in [0.1, 0.15) is 5.82 Å². The number of hydrogen-bond acceptors (Lipinski definition) is 2. The number of carbonyl (C=O) groups is 1. The number of amides is 1. The molecular formula is C14H11Br2FN2O. The smallest absolute Gasteiger partial charge is 0.262 e. The molecule has 20 heavy (non-hydrogen) atoms. The van der Waals surface area contributed by atoms with Crippen molar-refractivity contribution in [3.8, 4) is 0 Å². The number of nitrogens with two attached hydrogens (primary N) is 1. The van der Waals surface area contributed by atoms with Crippen LogP contribution in [0.2, 0.25) is 0 Å². The van der Waals surface area contributed by atoms with Crippen LogP contribution in [0.15, 0.2) is 45.3 Å². The van der Waals surface area contributed by atoms with E-state index in [4.69, 9.17) is 5.73 Å². The zero-order chi connectivity index (χ0) is 14.9. The highest BCUT2D eigenvalue weighted by Gasteiger charge is 2.21. The molecular weight excluding hydrogens is 391 g/mol. The van der Waals surface area contributed by atoms with Gasteiger partial charge >= 0.3 is 0 Å². The second-order valence-corrected chi connectivity index (χ2v) is 5.93. The van der Waals surface area contributed by atoms with Gasteiger partial charge in [0.05, 0.1) is 16.9 Å². The zero-order valence-corrected chi connectivity index (χ0v) is 13.7. The fourth-order valence-electron chi connectivity index (χ4n) is 1.81. The number of rotatable bonds is 2. The van der Waals surface area contributed by atoms with Crippen LogP contribution in [-0.4, -0.2) is 13.0 Å². The zero-order valence-electron chi connectivity index (χ0n) is 10.5. The Morgan fingerprint density at radius 3 is 2.55 bits per heavy atom. The van der Waals surface area contributed by atoms with E-state index in [2.05, 4.69) is 31.9 Å². The molecule has 0 aliphatic rings. The molecule has 0 saturated heterocycles. The van der Waals surface area contributed by atoms with Crippen molar-refractivity contribution in [3.63, 3.8) is 0 Å². The molecule has 0 bridgehead atoms. The molecule has 0 saturated carbocycles. The fraction of sp³-hybridized carbons (Fsp3) is 0.0714. The average molecular weight is 402 g/mol. The maximum absolute atomic E-state index is 13.8. The third-order valence-electron chi connectivity index (χ3n) is 2.83. The minimum absolute atomic E-state index is 0.0164. The molecule has 2 rings (SSSR count). The number of nitrogens with zero attached hydrogens (tertiary/aromatic N) is 1. The van der Waals surface area contributed by atoms with E-state index in [9.17, 15) is 9.18 Å². The average Bonchev–Trinajstić information content (AvgIpc) is 2.37. The Hall–Kier alpha value is -1.40. The summed E-state index contributed by atoms with van der Waals surface area (Å²) in [7, 11) is 1.56. The lowest BCUT2D eigenvalue weighted by Crippen LogP contribution is -2.28. The first kappa shape index (κ1) is 15.0. The van der Waals surface area contributed by atoms with Gasteiger partial charge in [0.2, 0.25) is 0 Å². The third-order valence-corrected chi connectivity index (χ3v) is 3.99. The van der Waals surface area contributed by atoms with Gasteiger partial charge in [-0.3, -0.25) is 4.79 Å². The van der Waals surface area contributed by atoms with Gasteiger partial charge in [-0.05, 0) is 46.3 Å². The monoisotopic (exact) mass is 400 g/mol. The molecule has 104 valence electrons. The van der Waals surface area contributed by atoms with Gasteiger partial charge < -0.3 is 10.6 Å². The SMILES string of the molecule is CN(C(=O)c1c(F)cccc1Br)c1ccc(Br)cc1N. The minimum atomic E-state index is -0.577. The first-order valence-corrected chi connectivity index (χ1v) is 7.27. The van der Waals surface area contributed by atoms with Crippen LogP contribution >= 0.6 is 31.9 Å². The lowest BCUT2D eigenvalue weighted by Gasteiger charge is -2.20. The molecule has 2 aromatic rings. The minimum Gasteiger partial charge on any atom is -0.397 e. The normalized spacial score (nSPS) is 10.4. The van der Waals surface area contributed by atoms with E-state index >= 15 is 0 Å². The number of anilines is 2. The van der Waals surface area contributed by atoms with Crippen molar-refractivity contribution in [2.24, 2.45) is 0 Å². The van der Waals surface area contributed by atoms with Gasteiger partial charge in [-0.15, -0.1) is 0 Å². The Kier molecular flexibility index (Phi) is 4.45. The molecule has 0 heterocycles. The van der Waals surface area contributed by atoms with Crippen LogP contribution in [0.1, 0.15) is 10.4 Å². The highest BCUT2D eigenvalue weighted by molar-refractivity contribution is 9.10. The Labute approximate surface area is 132 Å². The third kappa shape index (κ3) is 2.86. The molecule has 2 aromatic carbocycles. The number of halogens is 3. The van der Waals surface area contributed by atoms with Crippen molar-refractivity contribution in [1.82, 2.24) is 0 Å². The van der Waals surface area contributed by atoms with E-state index < -0.39 is 11.7 Å². The molecule has 1 amide bonds. The van der Waals surface area contributed by atoms with Crippen molar-refractivity contribution >= 4 is 49.1 Å². The van der Waals surface area contributed by atoms with Crippen LogP contribution in [0.25, 0.3) is 0 Å². The van der Waals surface area contributed by atoms with Gasteiger partial charge in [0.15, 0.2) is 0 Å². The van der Waals surface area contributed by atoms with Crippen molar-refractivity contribution in [2.45, 2.75) is 0 Å². The van der Waals surface area contributed by atoms with E-state index in [1.807, 2.05) is 0 Å². The van der Waals surface area contributed by atoms with E-state index in [1.54, 1.807) is 31.3 Å². The van der Waals surface area contributed by atoms with Crippen LogP contribution in [0.4, 0.5) is 15.8 Å². The Morgan fingerprint density at radius 1 is 1.25 bits per heavy atom. The molecule has 3 nitrogen and oxygen atoms in total. The van der Waals surface area contributed by atoms with Crippen molar-refractivity contribution < 1.29 is 9.18 Å². The lowest BCUT2D eigenvalue weighted by molar-refractivity contribution is 0.0988. The molecule has 0 aliphatic carbocycles. The molecule has 2 N–H and O–H groups in total. The van der Waals surface area contributed by atoms with Gasteiger partial charge in [0, 0.05) is 16.0 Å². The largest absolute Gasteiger partial charge is 0.397 e. The first-order valence-electron chi connectivity index (χ1n) is 5.69. The molecule has 0 radical (unpaired) electrons. The summed E-state index contributed by atoms with van der Waals surface area (Å²) in [6.45, 7) is 0. The number of hydrogen-bond donors (Lipinski definition) is 1. The molecule has 6 heteroatoms. The molecule has 0 atom stereocenters. The van der Waals surface area contributed by atoms with Crippen LogP contribution in [-0.2, 0) is 0 Å². The Bertz CT molecular complexity index is 656. The summed E-state index contributed by atoms with van der Waals surface area (Å²) in [4.78, 5) is 13.7. The van der Waals surface area contributed by atoms with Crippen molar-refractivity contribution in [3.05, 3.63) is 56.7 Å². The highest BCUT2D eigenvalue weighted by atomic mass is 79.9. The summed E-state index contributed by atoms with van der Waals surface area (Å²) in [5.74, 6) is -1.05. The quantitative estimate of drug-likeness (QED) is 0.766. The second kappa shape index (κ2) is 5.93. The second-order valence-electron chi connectivity index (χ2n) is 4.16. The maximum atomic E-state index is 13.8. The van der Waals surface area contributed by atoms with Crippen molar-refractivity contribution in [1.29, 1.82) is 0 Å². The number of nitrogen functional groups attached to an aromatic ring is 1. The van der Waals surface area contributed by atoms with Gasteiger partial charge in [-0.1, -0.05) is 22.0 Å². The summed E-state index contributed by atoms with van der Waals surface area (Å²) in [6.07, 6.45) is 0. The highest BCUT2D eigenvalue weighted by Crippen LogP contribution is 2.29. The Balaban J connectivity index is 2.43. The predicted molar refractivity (Wildman–Crippen MR) is 85.4 cm³/mol. The first-order chi connectivity index (χ1) is 9.41. The Morgan fingerprint density at radius 2 is 1.95 bits per heavy atom. The van der Waals surface area contributed by atoms with Gasteiger partial charge in [-0.2, -0.15) is 0 Å². The van der Waals surface area contributed by atoms with Crippen LogP contribution in [0, 0.1) is 5.82 Å². The van der Waals surface area contributed by atoms with Crippen molar-refractivity contribution in [2.75, 3.05) is 17.7 Å². The van der Waals surface area contributed by atoms with Crippen LogP contribution in [0.5, 0.6) is 0 Å². The number of benzene rings is 2. The summed E-state index contributed by atoms with van der Waals surface area (Å²) >= 11 is 6.49. The summed E-state index contributed by atoms with van der Waals surface area (Å²) in [5, 5.41) is 0. The van der Waals surface area contributed by atoms with E-state index in [1.165, 1.54) is 17.0 Å². The summed E-state index contributed by atoms with van der Waals surface area (Å²) in [6, 6.07) is 9.56. The van der Waals surface area contributed by atoms with E-state index in [-0.39, 0.29) is 5.56 Å². The van der Waals surface area contributed by atoms with E-state index in [0.29, 0.717) is 15.8 Å². The summed E-state index contributed by atoms with van der Waals surface area (Å²) < 4.78 is 15.0. The van der Waals surface area contributed by atoms with E-state index in [0.717, 1.165) is 4.47 Å². The summed E-state index contributed by atoms with van der Waals surface area (Å²) in [5.41, 5.74) is 6.82. The number of carbonyl (C=O) groups excluding carboxylic acids is 1.